The van der Waals surface area contributed by atoms with Gasteiger partial charge in [-0.2, -0.15) is 5.10 Å². The van der Waals surface area contributed by atoms with E-state index in [0.29, 0.717) is 40.5 Å². The number of anilines is 1. The lowest BCUT2D eigenvalue weighted by Crippen LogP contribution is -2.45. The fourth-order valence-electron chi connectivity index (χ4n) is 4.04. The molecule has 0 saturated carbocycles. The normalized spacial score (nSPS) is 18.3. The third-order valence-corrected chi connectivity index (χ3v) is 7.47. The van der Waals surface area contributed by atoms with Crippen molar-refractivity contribution in [2.24, 2.45) is 5.10 Å². The average Bonchev–Trinajstić information content (AvgIpc) is 3.23. The van der Waals surface area contributed by atoms with E-state index in [4.69, 9.17) is 9.84 Å². The summed E-state index contributed by atoms with van der Waals surface area (Å²) in [6, 6.07) is 14.5. The number of thiazole rings is 1. The monoisotopic (exact) mass is 539 g/mol. The molecule has 1 aliphatic rings. The van der Waals surface area contributed by atoms with E-state index in [1.807, 2.05) is 45.0 Å². The van der Waals surface area contributed by atoms with E-state index >= 15 is 0 Å². The summed E-state index contributed by atoms with van der Waals surface area (Å²) in [6.45, 7) is 5.95. The van der Waals surface area contributed by atoms with Crippen LogP contribution in [0.25, 0.3) is 0 Å². The quantitative estimate of drug-likeness (QED) is 0.323. The van der Waals surface area contributed by atoms with Crippen LogP contribution in [0.3, 0.4) is 0 Å². The Balaban J connectivity index is 1.51. The highest BCUT2D eigenvalue weighted by molar-refractivity contribution is 7.78. The molecule has 1 aromatic heterocycles. The van der Waals surface area contributed by atoms with Crippen LogP contribution in [-0.4, -0.2) is 49.0 Å². The summed E-state index contributed by atoms with van der Waals surface area (Å²) in [7, 11) is 0. The molecule has 0 radical (unpaired) electrons. The van der Waals surface area contributed by atoms with Crippen molar-refractivity contribution in [3.8, 4) is 0 Å². The molecule has 37 heavy (non-hydrogen) atoms. The molecule has 11 heteroatoms. The summed E-state index contributed by atoms with van der Waals surface area (Å²) >= 11 is -0.808. The number of amides is 1. The lowest BCUT2D eigenvalue weighted by Gasteiger charge is -2.35. The molecule has 194 valence electrons. The van der Waals surface area contributed by atoms with Gasteiger partial charge in [-0.25, -0.2) is 4.98 Å². The van der Waals surface area contributed by atoms with Crippen molar-refractivity contribution in [2.45, 2.75) is 51.8 Å². The van der Waals surface area contributed by atoms with E-state index < -0.39 is 17.3 Å². The van der Waals surface area contributed by atoms with Crippen LogP contribution in [0.5, 0.6) is 0 Å². The van der Waals surface area contributed by atoms with E-state index in [2.05, 4.69) is 10.3 Å². The molecule has 9 nitrogen and oxygen atoms in total. The number of hydrogen-bond donors (Lipinski definition) is 1. The number of nitrogens with one attached hydrogen (secondary N) is 1. The first-order chi connectivity index (χ1) is 17.8. The molecular formula is C26H27N4O5S2-. The van der Waals surface area contributed by atoms with E-state index in [9.17, 15) is 18.4 Å². The minimum Gasteiger partial charge on any atom is -0.772 e. The van der Waals surface area contributed by atoms with Gasteiger partial charge in [0.2, 0.25) is 6.23 Å². The molecule has 3 atom stereocenters. The zero-order valence-electron chi connectivity index (χ0n) is 20.7. The zero-order valence-corrected chi connectivity index (χ0v) is 22.3. The number of nitrogens with zero attached hydrogens (tertiary/aromatic N) is 3. The van der Waals surface area contributed by atoms with Gasteiger partial charge in [0.05, 0.1) is 23.0 Å². The third kappa shape index (κ3) is 6.55. The Morgan fingerprint density at radius 3 is 2.41 bits per heavy atom. The summed E-state index contributed by atoms with van der Waals surface area (Å²) in [4.78, 5) is 29.3. The fraction of sp³-hybridized carbons (Fsp3) is 0.308. The topological polar surface area (TPSA) is 124 Å². The van der Waals surface area contributed by atoms with Crippen LogP contribution < -0.4 is 5.32 Å². The Bertz CT molecular complexity index is 1320. The smallest absolute Gasteiger partial charge is 0.267 e. The minimum atomic E-state index is -2.16. The molecule has 0 aliphatic carbocycles. The van der Waals surface area contributed by atoms with Crippen molar-refractivity contribution in [2.75, 3.05) is 5.32 Å². The maximum atomic E-state index is 12.6. The summed E-state index contributed by atoms with van der Waals surface area (Å²) in [5.74, 6) is -0.256. The Kier molecular flexibility index (Phi) is 8.59. The molecular weight excluding hydrogens is 512 g/mol. The molecule has 4 rings (SSSR count). The second kappa shape index (κ2) is 11.9. The first-order valence-corrected chi connectivity index (χ1v) is 13.8. The van der Waals surface area contributed by atoms with E-state index in [0.717, 1.165) is 22.4 Å². The van der Waals surface area contributed by atoms with Gasteiger partial charge in [0, 0.05) is 17.0 Å². The Morgan fingerprint density at radius 1 is 1.16 bits per heavy atom. The van der Waals surface area contributed by atoms with Crippen molar-refractivity contribution < 1.29 is 23.1 Å². The van der Waals surface area contributed by atoms with Gasteiger partial charge in [0.1, 0.15) is 11.0 Å². The Labute approximate surface area is 221 Å². The number of hydrazone groups is 1. The predicted octanol–water partition coefficient (Wildman–Crippen LogP) is 3.93. The Morgan fingerprint density at radius 2 is 1.84 bits per heavy atom. The molecule has 0 fully saturated rings. The van der Waals surface area contributed by atoms with Gasteiger partial charge in [0.15, 0.2) is 6.29 Å². The number of rotatable bonds is 9. The standard InChI is InChI=1S/C26H28N4O5S2/c1-4-22-24(20-9-5-19(6-10-20)15-37(33)34)29-30(23(14-31)35-22)13-18-7-11-21(12-8-18)28-26(32)25-16(2)27-17(3)36-25/h5-12,14,22-23H,4,13,15H2,1-3H3,(H,28,32)(H,33,34)/p-1. The van der Waals surface area contributed by atoms with Crippen molar-refractivity contribution in [3.63, 3.8) is 0 Å². The van der Waals surface area contributed by atoms with Crippen molar-refractivity contribution in [1.82, 2.24) is 9.99 Å². The number of aryl methyl sites for hydroxylation is 2. The predicted molar refractivity (Wildman–Crippen MR) is 142 cm³/mol. The van der Waals surface area contributed by atoms with Gasteiger partial charge in [-0.3, -0.25) is 18.8 Å². The largest absolute Gasteiger partial charge is 0.772 e. The van der Waals surface area contributed by atoms with Gasteiger partial charge in [-0.15, -0.1) is 11.3 Å². The van der Waals surface area contributed by atoms with Crippen LogP contribution in [0.2, 0.25) is 0 Å². The van der Waals surface area contributed by atoms with Crippen LogP contribution in [-0.2, 0) is 32.9 Å². The first kappa shape index (κ1) is 26.8. The molecule has 1 aliphatic heterocycles. The van der Waals surface area contributed by atoms with Crippen LogP contribution in [0.15, 0.2) is 53.6 Å². The van der Waals surface area contributed by atoms with Crippen LogP contribution in [0.1, 0.15) is 50.4 Å². The van der Waals surface area contributed by atoms with Crippen molar-refractivity contribution in [3.05, 3.63) is 80.8 Å². The summed E-state index contributed by atoms with van der Waals surface area (Å²) in [6.07, 6.45) is 0.134. The highest BCUT2D eigenvalue weighted by Crippen LogP contribution is 2.24. The van der Waals surface area contributed by atoms with Gasteiger partial charge >= 0.3 is 0 Å². The number of ether oxygens (including phenoxy) is 1. The lowest BCUT2D eigenvalue weighted by atomic mass is 10.0. The lowest BCUT2D eigenvalue weighted by molar-refractivity contribution is -0.139. The second-order valence-electron chi connectivity index (χ2n) is 8.59. The number of carbonyl (C=O) groups is 2. The van der Waals surface area contributed by atoms with Gasteiger partial charge in [-0.1, -0.05) is 54.4 Å². The first-order valence-electron chi connectivity index (χ1n) is 11.7. The molecule has 0 spiro atoms. The number of aromatic nitrogens is 1. The second-order valence-corrected chi connectivity index (χ2v) is 10.7. The van der Waals surface area contributed by atoms with Crippen LogP contribution >= 0.6 is 11.3 Å². The van der Waals surface area contributed by atoms with Crippen LogP contribution in [0, 0.1) is 13.8 Å². The maximum absolute atomic E-state index is 12.6. The minimum absolute atomic E-state index is 0.0558. The van der Waals surface area contributed by atoms with Gasteiger partial charge in [-0.05, 0) is 43.5 Å². The molecule has 2 heterocycles. The molecule has 0 bridgehead atoms. The fourth-order valence-corrected chi connectivity index (χ4v) is 5.32. The van der Waals surface area contributed by atoms with E-state index in [1.54, 1.807) is 29.3 Å². The summed E-state index contributed by atoms with van der Waals surface area (Å²) in [5.41, 5.74) is 4.39. The molecule has 1 amide bonds. The average molecular weight is 540 g/mol. The number of carbonyl (C=O) groups excluding carboxylic acids is 2. The number of aldehydes is 1. The van der Waals surface area contributed by atoms with Crippen LogP contribution in [0.4, 0.5) is 5.69 Å². The highest BCUT2D eigenvalue weighted by atomic mass is 32.2. The number of benzene rings is 2. The molecule has 3 aromatic rings. The van der Waals surface area contributed by atoms with Gasteiger partial charge < -0.3 is 14.6 Å². The van der Waals surface area contributed by atoms with Crippen molar-refractivity contribution >= 4 is 46.0 Å². The maximum Gasteiger partial charge on any atom is 0.267 e. The zero-order chi connectivity index (χ0) is 26.5. The van der Waals surface area contributed by atoms with Crippen molar-refractivity contribution in [1.29, 1.82) is 0 Å². The SMILES string of the molecule is CCC1OC(C=O)N(Cc2ccc(NC(=O)c3sc(C)nc3C)cc2)N=C1c1ccc(CS(=O)[O-])cc1. The highest BCUT2D eigenvalue weighted by Gasteiger charge is 2.31. The third-order valence-electron chi connectivity index (χ3n) is 5.83. The van der Waals surface area contributed by atoms with E-state index in [1.165, 1.54) is 11.3 Å². The molecule has 0 saturated heterocycles. The Hall–Kier alpha value is -3.25. The molecule has 1 N–H and O–H groups in total. The molecule has 2 aromatic carbocycles. The summed E-state index contributed by atoms with van der Waals surface area (Å²) in [5, 5.41) is 10.1. The van der Waals surface area contributed by atoms with Gasteiger partial charge in [0.25, 0.3) is 5.91 Å². The number of hydrogen-bond acceptors (Lipinski definition) is 9. The van der Waals surface area contributed by atoms with E-state index in [-0.39, 0.29) is 17.8 Å². The summed E-state index contributed by atoms with van der Waals surface area (Å²) < 4.78 is 28.0. The molecule has 3 unspecified atom stereocenters.